The van der Waals surface area contributed by atoms with Gasteiger partial charge in [-0.15, -0.1) is 11.3 Å². The minimum Gasteiger partial charge on any atom is -0.319 e. The first-order valence-corrected chi connectivity index (χ1v) is 5.11. The zero-order chi connectivity index (χ0) is 9.47. The lowest BCUT2D eigenvalue weighted by Crippen LogP contribution is -2.13. The van der Waals surface area contributed by atoms with Crippen LogP contribution in [-0.2, 0) is 0 Å². The van der Waals surface area contributed by atoms with Gasteiger partial charge in [-0.3, -0.25) is 0 Å². The summed E-state index contributed by atoms with van der Waals surface area (Å²) in [6.45, 7) is 0.398. The zero-order valence-electron chi connectivity index (χ0n) is 7.26. The van der Waals surface area contributed by atoms with E-state index in [1.54, 1.807) is 13.1 Å². The standard InChI is InChI=1S/C9H11F2NS/c1-12-5-6-8(9(6,10)11)7-3-2-4-13-7/h2-4,6,8,12H,5H2,1H3/t6-,8+/m0/s1. The highest BCUT2D eigenvalue weighted by Gasteiger charge is 2.68. The van der Waals surface area contributed by atoms with Gasteiger partial charge in [-0.05, 0) is 18.5 Å². The van der Waals surface area contributed by atoms with E-state index in [0.29, 0.717) is 6.54 Å². The van der Waals surface area contributed by atoms with Crippen molar-refractivity contribution in [1.82, 2.24) is 5.32 Å². The molecule has 1 nitrogen and oxygen atoms in total. The lowest BCUT2D eigenvalue weighted by Gasteiger charge is -1.92. The van der Waals surface area contributed by atoms with Crippen molar-refractivity contribution < 1.29 is 8.78 Å². The molecule has 1 saturated carbocycles. The summed E-state index contributed by atoms with van der Waals surface area (Å²) in [6, 6.07) is 3.61. The van der Waals surface area contributed by atoms with Crippen LogP contribution in [0.3, 0.4) is 0 Å². The number of rotatable bonds is 3. The minimum absolute atomic E-state index is 0.398. The molecule has 0 saturated heterocycles. The molecule has 0 unspecified atom stereocenters. The second kappa shape index (κ2) is 3.03. The van der Waals surface area contributed by atoms with E-state index in [-0.39, 0.29) is 0 Å². The quantitative estimate of drug-likeness (QED) is 0.795. The van der Waals surface area contributed by atoms with Crippen LogP contribution in [-0.4, -0.2) is 19.5 Å². The molecule has 0 aromatic carbocycles. The van der Waals surface area contributed by atoms with Gasteiger partial charge in [0.15, 0.2) is 0 Å². The first kappa shape index (κ1) is 9.09. The Balaban J connectivity index is 2.11. The third kappa shape index (κ3) is 1.38. The Bertz CT molecular complexity index is 284. The molecule has 1 aromatic heterocycles. The van der Waals surface area contributed by atoms with Gasteiger partial charge in [0.1, 0.15) is 0 Å². The highest BCUT2D eigenvalue weighted by atomic mass is 32.1. The van der Waals surface area contributed by atoms with Gasteiger partial charge in [-0.25, -0.2) is 8.78 Å². The van der Waals surface area contributed by atoms with Crippen molar-refractivity contribution in [3.63, 3.8) is 0 Å². The predicted octanol–water partition coefficient (Wildman–Crippen LogP) is 2.32. The van der Waals surface area contributed by atoms with Crippen molar-refractivity contribution in [2.24, 2.45) is 5.92 Å². The monoisotopic (exact) mass is 203 g/mol. The largest absolute Gasteiger partial charge is 0.319 e. The number of alkyl halides is 2. The van der Waals surface area contributed by atoms with Crippen LogP contribution < -0.4 is 5.32 Å². The number of hydrogen-bond acceptors (Lipinski definition) is 2. The van der Waals surface area contributed by atoms with Crippen LogP contribution in [0.1, 0.15) is 10.8 Å². The summed E-state index contributed by atoms with van der Waals surface area (Å²) >= 11 is 1.42. The Hall–Kier alpha value is -0.480. The Kier molecular flexibility index (Phi) is 2.12. The third-order valence-corrected chi connectivity index (χ3v) is 3.43. The molecule has 0 aliphatic heterocycles. The number of nitrogens with one attached hydrogen (secondary N) is 1. The molecule has 1 fully saturated rings. The van der Waals surface area contributed by atoms with E-state index < -0.39 is 17.8 Å². The van der Waals surface area contributed by atoms with Crippen LogP contribution >= 0.6 is 11.3 Å². The van der Waals surface area contributed by atoms with Gasteiger partial charge in [-0.1, -0.05) is 6.07 Å². The average Bonchev–Trinajstić information content (AvgIpc) is 2.56. The van der Waals surface area contributed by atoms with E-state index in [2.05, 4.69) is 5.32 Å². The van der Waals surface area contributed by atoms with Gasteiger partial charge >= 0.3 is 0 Å². The van der Waals surface area contributed by atoms with Crippen molar-refractivity contribution in [1.29, 1.82) is 0 Å². The number of thiophene rings is 1. The molecule has 13 heavy (non-hydrogen) atoms. The van der Waals surface area contributed by atoms with Gasteiger partial charge in [0.2, 0.25) is 0 Å². The minimum atomic E-state index is -2.49. The smallest absolute Gasteiger partial charge is 0.261 e. The summed E-state index contributed by atoms with van der Waals surface area (Å²) in [7, 11) is 1.71. The molecule has 0 bridgehead atoms. The highest BCUT2D eigenvalue weighted by molar-refractivity contribution is 7.10. The molecule has 1 heterocycles. The van der Waals surface area contributed by atoms with Gasteiger partial charge in [-0.2, -0.15) is 0 Å². The fourth-order valence-corrected chi connectivity index (χ4v) is 2.66. The molecular formula is C9H11F2NS. The van der Waals surface area contributed by atoms with Crippen molar-refractivity contribution >= 4 is 11.3 Å². The topological polar surface area (TPSA) is 12.0 Å². The Morgan fingerprint density at radius 2 is 2.38 bits per heavy atom. The van der Waals surface area contributed by atoms with Crippen molar-refractivity contribution in [3.8, 4) is 0 Å². The fraction of sp³-hybridized carbons (Fsp3) is 0.556. The molecule has 0 amide bonds. The summed E-state index contributed by atoms with van der Waals surface area (Å²) in [4.78, 5) is 0.810. The molecule has 1 N–H and O–H groups in total. The Labute approximate surface area is 79.8 Å². The zero-order valence-corrected chi connectivity index (χ0v) is 8.07. The number of halogens is 2. The van der Waals surface area contributed by atoms with Crippen LogP contribution in [0.4, 0.5) is 8.78 Å². The molecule has 1 aromatic rings. The molecule has 2 rings (SSSR count). The normalized spacial score (nSPS) is 30.4. The molecule has 4 heteroatoms. The van der Waals surface area contributed by atoms with Gasteiger partial charge in [0.05, 0.1) is 5.92 Å². The summed E-state index contributed by atoms with van der Waals surface area (Å²) in [5, 5.41) is 4.65. The van der Waals surface area contributed by atoms with Gasteiger partial charge in [0, 0.05) is 17.3 Å². The summed E-state index contributed by atoms with van der Waals surface area (Å²) < 4.78 is 26.4. The maximum absolute atomic E-state index is 13.2. The first-order valence-electron chi connectivity index (χ1n) is 4.23. The second-order valence-electron chi connectivity index (χ2n) is 3.33. The lowest BCUT2D eigenvalue weighted by atomic mass is 10.3. The van der Waals surface area contributed by atoms with E-state index in [9.17, 15) is 8.78 Å². The molecule has 1 aliphatic rings. The van der Waals surface area contributed by atoms with Crippen LogP contribution in [0.5, 0.6) is 0 Å². The average molecular weight is 203 g/mol. The Morgan fingerprint density at radius 3 is 2.92 bits per heavy atom. The van der Waals surface area contributed by atoms with Gasteiger partial charge < -0.3 is 5.32 Å². The Morgan fingerprint density at radius 1 is 1.62 bits per heavy atom. The molecule has 2 atom stereocenters. The first-order chi connectivity index (χ1) is 6.18. The van der Waals surface area contributed by atoms with E-state index >= 15 is 0 Å². The predicted molar refractivity (Wildman–Crippen MR) is 49.4 cm³/mol. The SMILES string of the molecule is CNC[C@H]1[C@H](c2cccs2)C1(F)F. The van der Waals surface area contributed by atoms with Crippen LogP contribution in [0.15, 0.2) is 17.5 Å². The fourth-order valence-electron chi connectivity index (χ4n) is 1.72. The van der Waals surface area contributed by atoms with E-state index in [0.717, 1.165) is 4.88 Å². The van der Waals surface area contributed by atoms with Crippen LogP contribution in [0.25, 0.3) is 0 Å². The molecular weight excluding hydrogens is 192 g/mol. The summed E-state index contributed by atoms with van der Waals surface area (Å²) in [5.74, 6) is -3.54. The third-order valence-electron chi connectivity index (χ3n) is 2.48. The number of hydrogen-bond donors (Lipinski definition) is 1. The van der Waals surface area contributed by atoms with E-state index in [1.807, 2.05) is 11.4 Å². The van der Waals surface area contributed by atoms with Gasteiger partial charge in [0.25, 0.3) is 5.92 Å². The summed E-state index contributed by atoms with van der Waals surface area (Å²) in [6.07, 6.45) is 0. The van der Waals surface area contributed by atoms with Crippen LogP contribution in [0.2, 0.25) is 0 Å². The maximum atomic E-state index is 13.2. The highest BCUT2D eigenvalue weighted by Crippen LogP contribution is 2.61. The van der Waals surface area contributed by atoms with E-state index in [1.165, 1.54) is 11.3 Å². The second-order valence-corrected chi connectivity index (χ2v) is 4.31. The summed E-state index contributed by atoms with van der Waals surface area (Å²) in [5.41, 5.74) is 0. The van der Waals surface area contributed by atoms with Crippen LogP contribution in [0, 0.1) is 5.92 Å². The van der Waals surface area contributed by atoms with Crippen molar-refractivity contribution in [3.05, 3.63) is 22.4 Å². The molecule has 1 aliphatic carbocycles. The molecule has 0 radical (unpaired) electrons. The lowest BCUT2D eigenvalue weighted by molar-refractivity contribution is 0.0938. The van der Waals surface area contributed by atoms with Crippen molar-refractivity contribution in [2.45, 2.75) is 11.8 Å². The van der Waals surface area contributed by atoms with Crippen molar-refractivity contribution in [2.75, 3.05) is 13.6 Å². The van der Waals surface area contributed by atoms with E-state index in [4.69, 9.17) is 0 Å². The molecule has 72 valence electrons. The maximum Gasteiger partial charge on any atom is 0.261 e. The molecule has 0 spiro atoms.